The second-order valence-corrected chi connectivity index (χ2v) is 7.69. The van der Waals surface area contributed by atoms with Crippen molar-refractivity contribution >= 4 is 17.8 Å². The van der Waals surface area contributed by atoms with Gasteiger partial charge in [-0.1, -0.05) is 18.2 Å². The number of ether oxygens (including phenoxy) is 1. The monoisotopic (exact) mass is 434 g/mol. The summed E-state index contributed by atoms with van der Waals surface area (Å²) >= 11 is 0. The van der Waals surface area contributed by atoms with Crippen LogP contribution in [0.2, 0.25) is 0 Å². The van der Waals surface area contributed by atoms with Crippen LogP contribution in [0.4, 0.5) is 13.2 Å². The van der Waals surface area contributed by atoms with Crippen LogP contribution in [0.5, 0.6) is 11.5 Å². The van der Waals surface area contributed by atoms with Gasteiger partial charge >= 0.3 is 12.1 Å². The number of alkyl halides is 3. The van der Waals surface area contributed by atoms with Gasteiger partial charge in [0.2, 0.25) is 11.8 Å². The van der Waals surface area contributed by atoms with Gasteiger partial charge in [-0.2, -0.15) is 13.2 Å². The van der Waals surface area contributed by atoms with Crippen molar-refractivity contribution < 1.29 is 37.4 Å². The molecule has 162 valence electrons. The maximum Gasteiger partial charge on any atom is 0.416 e. The van der Waals surface area contributed by atoms with E-state index in [1.807, 2.05) is 0 Å². The van der Waals surface area contributed by atoms with Gasteiger partial charge in [-0.3, -0.25) is 25.0 Å². The van der Waals surface area contributed by atoms with Crippen molar-refractivity contribution in [3.05, 3.63) is 59.7 Å². The zero-order chi connectivity index (χ0) is 22.6. The van der Waals surface area contributed by atoms with E-state index in [-0.39, 0.29) is 11.5 Å². The van der Waals surface area contributed by atoms with Crippen LogP contribution in [0, 0.1) is 11.8 Å². The molecule has 2 fully saturated rings. The number of hydrogen-bond acceptors (Lipinski definition) is 5. The first-order valence-electron chi connectivity index (χ1n) is 9.31. The average molecular weight is 434 g/mol. The van der Waals surface area contributed by atoms with E-state index in [4.69, 9.17) is 4.74 Å². The molecule has 4 unspecified atom stereocenters. The molecule has 0 aliphatic carbocycles. The molecule has 3 N–H and O–H groups in total. The minimum atomic E-state index is -4.52. The third-order valence-corrected chi connectivity index (χ3v) is 5.69. The Morgan fingerprint density at radius 2 is 1.71 bits per heavy atom. The molecule has 2 amide bonds. The number of fused-ring (bicyclic) bond motifs is 1. The van der Waals surface area contributed by atoms with Crippen molar-refractivity contribution in [1.82, 2.24) is 10.6 Å². The van der Waals surface area contributed by atoms with Gasteiger partial charge in [-0.05, 0) is 42.8 Å². The van der Waals surface area contributed by atoms with Crippen molar-refractivity contribution in [2.24, 2.45) is 11.8 Å². The number of amides is 2. The number of aliphatic carboxylic acids is 1. The number of carboxylic acids is 1. The minimum absolute atomic E-state index is 0.0339. The molecule has 0 bridgehead atoms. The van der Waals surface area contributed by atoms with Gasteiger partial charge < -0.3 is 9.84 Å². The second-order valence-electron chi connectivity index (χ2n) is 7.69. The summed E-state index contributed by atoms with van der Waals surface area (Å²) in [6, 6.07) is 9.79. The smallest absolute Gasteiger partial charge is 0.416 e. The quantitative estimate of drug-likeness (QED) is 0.640. The highest BCUT2D eigenvalue weighted by atomic mass is 19.4. The Labute approximate surface area is 174 Å². The third kappa shape index (κ3) is 3.52. The highest BCUT2D eigenvalue weighted by Gasteiger charge is 2.64. The molecule has 10 heteroatoms. The fourth-order valence-corrected chi connectivity index (χ4v) is 4.19. The molecule has 2 aromatic rings. The molecule has 0 saturated carbocycles. The molecule has 2 saturated heterocycles. The van der Waals surface area contributed by atoms with Crippen LogP contribution in [-0.4, -0.2) is 28.4 Å². The maximum absolute atomic E-state index is 12.9. The van der Waals surface area contributed by atoms with Gasteiger partial charge in [-0.25, -0.2) is 0 Å². The molecule has 7 nitrogen and oxygen atoms in total. The van der Waals surface area contributed by atoms with E-state index in [0.29, 0.717) is 5.56 Å². The Morgan fingerprint density at radius 3 is 2.35 bits per heavy atom. The summed E-state index contributed by atoms with van der Waals surface area (Å²) in [5.41, 5.74) is -2.06. The number of halogens is 3. The molecular weight excluding hydrogens is 417 g/mol. The van der Waals surface area contributed by atoms with Crippen molar-refractivity contribution in [3.63, 3.8) is 0 Å². The number of rotatable bonds is 4. The normalized spacial score (nSPS) is 27.7. The van der Waals surface area contributed by atoms with Crippen LogP contribution in [0.1, 0.15) is 24.1 Å². The summed E-state index contributed by atoms with van der Waals surface area (Å²) in [6.45, 7) is 1.34. The van der Waals surface area contributed by atoms with Crippen LogP contribution in [0.25, 0.3) is 0 Å². The third-order valence-electron chi connectivity index (χ3n) is 5.69. The highest BCUT2D eigenvalue weighted by molar-refractivity contribution is 6.09. The van der Waals surface area contributed by atoms with Gasteiger partial charge in [0.05, 0.1) is 17.4 Å². The van der Waals surface area contributed by atoms with E-state index < -0.39 is 52.9 Å². The lowest BCUT2D eigenvalue weighted by Gasteiger charge is -2.24. The highest BCUT2D eigenvalue weighted by Crippen LogP contribution is 2.46. The summed E-state index contributed by atoms with van der Waals surface area (Å²) in [6.07, 6.45) is -4.52. The summed E-state index contributed by atoms with van der Waals surface area (Å²) in [5.74, 6) is -4.40. The van der Waals surface area contributed by atoms with E-state index in [0.717, 1.165) is 12.1 Å². The lowest BCUT2D eigenvalue weighted by Crippen LogP contribution is -2.52. The molecule has 2 aromatic carbocycles. The van der Waals surface area contributed by atoms with Gasteiger partial charge in [-0.15, -0.1) is 0 Å². The number of imide groups is 1. The van der Waals surface area contributed by atoms with Gasteiger partial charge in [0.25, 0.3) is 0 Å². The lowest BCUT2D eigenvalue weighted by atomic mass is 9.80. The van der Waals surface area contributed by atoms with Gasteiger partial charge in [0.1, 0.15) is 17.0 Å². The number of nitrogens with one attached hydrogen (secondary N) is 2. The van der Waals surface area contributed by atoms with E-state index in [2.05, 4.69) is 10.6 Å². The zero-order valence-electron chi connectivity index (χ0n) is 16.1. The topological polar surface area (TPSA) is 105 Å². The van der Waals surface area contributed by atoms with E-state index in [9.17, 15) is 32.7 Å². The van der Waals surface area contributed by atoms with E-state index >= 15 is 0 Å². The summed E-state index contributed by atoms with van der Waals surface area (Å²) in [7, 11) is 0. The molecule has 0 radical (unpaired) electrons. The van der Waals surface area contributed by atoms with Crippen LogP contribution in [0.3, 0.4) is 0 Å². The Bertz CT molecular complexity index is 1090. The van der Waals surface area contributed by atoms with Crippen molar-refractivity contribution in [2.75, 3.05) is 0 Å². The minimum Gasteiger partial charge on any atom is -0.480 e. The van der Waals surface area contributed by atoms with Crippen LogP contribution in [-0.2, 0) is 20.6 Å². The van der Waals surface area contributed by atoms with Crippen LogP contribution >= 0.6 is 0 Å². The predicted octanol–water partition coefficient (Wildman–Crippen LogP) is 2.87. The first-order valence-corrected chi connectivity index (χ1v) is 9.31. The van der Waals surface area contributed by atoms with Crippen molar-refractivity contribution in [2.45, 2.75) is 24.7 Å². The Kier molecular flexibility index (Phi) is 4.77. The molecular formula is C21H17F3N2O5. The summed E-state index contributed by atoms with van der Waals surface area (Å²) in [5, 5.41) is 14.7. The fraction of sp³-hybridized carbons (Fsp3) is 0.286. The molecule has 2 aliphatic rings. The lowest BCUT2D eigenvalue weighted by molar-refractivity contribution is -0.148. The molecule has 2 heterocycles. The van der Waals surface area contributed by atoms with Crippen LogP contribution in [0.15, 0.2) is 48.5 Å². The largest absolute Gasteiger partial charge is 0.480 e. The van der Waals surface area contributed by atoms with Crippen molar-refractivity contribution in [1.29, 1.82) is 0 Å². The Hall–Kier alpha value is -3.40. The molecule has 31 heavy (non-hydrogen) atoms. The first kappa shape index (κ1) is 20.9. The first-order chi connectivity index (χ1) is 14.5. The second kappa shape index (κ2) is 7.09. The molecule has 4 rings (SSSR count). The summed E-state index contributed by atoms with van der Waals surface area (Å²) < 4.78 is 44.3. The molecule has 0 aromatic heterocycles. The van der Waals surface area contributed by atoms with Gasteiger partial charge in [0.15, 0.2) is 0 Å². The number of hydrogen-bond donors (Lipinski definition) is 3. The van der Waals surface area contributed by atoms with Crippen molar-refractivity contribution in [3.8, 4) is 11.5 Å². The molecule has 2 aliphatic heterocycles. The number of carbonyl (C=O) groups excluding carboxylic acids is 2. The number of benzene rings is 2. The van der Waals surface area contributed by atoms with E-state index in [1.165, 1.54) is 31.2 Å². The fourth-order valence-electron chi connectivity index (χ4n) is 4.19. The Morgan fingerprint density at radius 1 is 1.06 bits per heavy atom. The molecule has 0 spiro atoms. The Balaban J connectivity index is 1.65. The predicted molar refractivity (Wildman–Crippen MR) is 100 cm³/mol. The maximum atomic E-state index is 12.9. The number of carboxylic acid groups (broad SMARTS) is 1. The summed E-state index contributed by atoms with van der Waals surface area (Å²) in [4.78, 5) is 36.4. The zero-order valence-corrected chi connectivity index (χ0v) is 16.1. The SMILES string of the molecule is CC1(C(=O)O)NC(c2cccc(Oc3cccc(C(F)(F)F)c3)c2)C2C(=O)NC(=O)C21. The number of carbonyl (C=O) groups is 3. The molecule has 4 atom stereocenters. The van der Waals surface area contributed by atoms with Crippen LogP contribution < -0.4 is 15.4 Å². The average Bonchev–Trinajstić information content (AvgIpc) is 3.18. The van der Waals surface area contributed by atoms with Gasteiger partial charge in [0, 0.05) is 6.04 Å². The van der Waals surface area contributed by atoms with E-state index in [1.54, 1.807) is 12.1 Å². The standard InChI is InChI=1S/C21H17F3N2O5/c1-20(19(29)30)15-14(17(27)25-18(15)28)16(26-20)10-4-2-6-12(8-10)31-13-7-3-5-11(9-13)21(22,23)24/h2-9,14-16,26H,1H3,(H,29,30)(H,25,27,28).